The largest absolute Gasteiger partial charge is 0.508 e. The number of phenolic OH excluding ortho intramolecular Hbond substituents is 1. The molecule has 1 aliphatic rings. The van der Waals surface area contributed by atoms with E-state index >= 15 is 0 Å². The molecule has 0 unspecified atom stereocenters. The van der Waals surface area contributed by atoms with Gasteiger partial charge in [-0.3, -0.25) is 0 Å². The lowest BCUT2D eigenvalue weighted by Crippen LogP contribution is -2.27. The summed E-state index contributed by atoms with van der Waals surface area (Å²) in [4.78, 5) is 0. The maximum absolute atomic E-state index is 9.73. The number of aliphatic hydroxyl groups excluding tert-OH is 1. The van der Waals surface area contributed by atoms with Crippen molar-refractivity contribution in [3.05, 3.63) is 29.3 Å². The smallest absolute Gasteiger partial charge is 0.120 e. The maximum Gasteiger partial charge on any atom is 0.120 e. The molecule has 3 N–H and O–H groups in total. The van der Waals surface area contributed by atoms with E-state index in [9.17, 15) is 10.2 Å². The lowest BCUT2D eigenvalue weighted by atomic mass is 9.87. The van der Waals surface area contributed by atoms with Crippen molar-refractivity contribution in [2.24, 2.45) is 5.92 Å². The number of aliphatic hydroxyl groups is 1. The molecule has 0 spiro atoms. The van der Waals surface area contributed by atoms with E-state index in [-0.39, 0.29) is 6.10 Å². The van der Waals surface area contributed by atoms with E-state index in [4.69, 9.17) is 0 Å². The SMILES string of the molecule is Cc1ccc(O)c(CNCC2CCC(O)CC2)c1. The van der Waals surface area contributed by atoms with Gasteiger partial charge in [-0.05, 0) is 51.1 Å². The van der Waals surface area contributed by atoms with Crippen LogP contribution in [0.15, 0.2) is 18.2 Å². The Balaban J connectivity index is 1.76. The number of nitrogens with one attached hydrogen (secondary N) is 1. The zero-order chi connectivity index (χ0) is 13.0. The van der Waals surface area contributed by atoms with Crippen LogP contribution in [0.2, 0.25) is 0 Å². The summed E-state index contributed by atoms with van der Waals surface area (Å²) in [5.74, 6) is 1.03. The zero-order valence-electron chi connectivity index (χ0n) is 11.0. The lowest BCUT2D eigenvalue weighted by molar-refractivity contribution is 0.108. The van der Waals surface area contributed by atoms with Crippen LogP contribution in [0, 0.1) is 12.8 Å². The van der Waals surface area contributed by atoms with Crippen molar-refractivity contribution in [1.82, 2.24) is 5.32 Å². The monoisotopic (exact) mass is 249 g/mol. The van der Waals surface area contributed by atoms with E-state index in [1.165, 1.54) is 5.56 Å². The molecule has 0 amide bonds. The summed E-state index contributed by atoms with van der Waals surface area (Å²) in [7, 11) is 0. The molecule has 18 heavy (non-hydrogen) atoms. The molecule has 0 aromatic heterocycles. The van der Waals surface area contributed by atoms with Gasteiger partial charge in [0.25, 0.3) is 0 Å². The summed E-state index contributed by atoms with van der Waals surface area (Å²) in [5, 5.41) is 22.6. The van der Waals surface area contributed by atoms with E-state index in [0.717, 1.165) is 37.8 Å². The fourth-order valence-corrected chi connectivity index (χ4v) is 2.62. The van der Waals surface area contributed by atoms with Crippen LogP contribution in [0.25, 0.3) is 0 Å². The van der Waals surface area contributed by atoms with Crippen LogP contribution in [0.3, 0.4) is 0 Å². The summed E-state index contributed by atoms with van der Waals surface area (Å²) in [6.07, 6.45) is 3.99. The molecular formula is C15H23NO2. The van der Waals surface area contributed by atoms with Gasteiger partial charge in [-0.2, -0.15) is 0 Å². The van der Waals surface area contributed by atoms with Crippen LogP contribution in [-0.4, -0.2) is 22.9 Å². The predicted octanol–water partition coefficient (Wildman–Crippen LogP) is 2.34. The molecule has 0 heterocycles. The Hall–Kier alpha value is -1.06. The fraction of sp³-hybridized carbons (Fsp3) is 0.600. The first-order valence-electron chi connectivity index (χ1n) is 6.82. The molecule has 1 aliphatic carbocycles. The third kappa shape index (κ3) is 3.72. The number of rotatable bonds is 4. The highest BCUT2D eigenvalue weighted by Crippen LogP contribution is 2.24. The van der Waals surface area contributed by atoms with Crippen molar-refractivity contribution in [2.45, 2.75) is 45.3 Å². The minimum atomic E-state index is -0.0814. The molecule has 1 aromatic rings. The van der Waals surface area contributed by atoms with Gasteiger partial charge in [-0.1, -0.05) is 17.7 Å². The van der Waals surface area contributed by atoms with Crippen LogP contribution in [-0.2, 0) is 6.54 Å². The van der Waals surface area contributed by atoms with Crippen LogP contribution < -0.4 is 5.32 Å². The Bertz CT molecular complexity index is 384. The molecule has 0 aliphatic heterocycles. The van der Waals surface area contributed by atoms with Gasteiger partial charge in [0, 0.05) is 12.1 Å². The normalized spacial score (nSPS) is 24.1. The second-order valence-electron chi connectivity index (χ2n) is 5.44. The third-order valence-electron chi connectivity index (χ3n) is 3.80. The van der Waals surface area contributed by atoms with Gasteiger partial charge in [-0.15, -0.1) is 0 Å². The minimum Gasteiger partial charge on any atom is -0.508 e. The van der Waals surface area contributed by atoms with E-state index in [1.54, 1.807) is 6.07 Å². The molecule has 100 valence electrons. The number of benzene rings is 1. The van der Waals surface area contributed by atoms with Crippen molar-refractivity contribution in [2.75, 3.05) is 6.54 Å². The molecule has 1 fully saturated rings. The van der Waals surface area contributed by atoms with E-state index in [1.807, 2.05) is 19.1 Å². The first-order chi connectivity index (χ1) is 8.65. The summed E-state index contributed by atoms with van der Waals surface area (Å²) in [5.41, 5.74) is 2.14. The van der Waals surface area contributed by atoms with Crippen LogP contribution in [0.5, 0.6) is 5.75 Å². The molecule has 0 bridgehead atoms. The van der Waals surface area contributed by atoms with Gasteiger partial charge in [0.1, 0.15) is 5.75 Å². The number of phenols is 1. The number of aromatic hydroxyl groups is 1. The van der Waals surface area contributed by atoms with Gasteiger partial charge < -0.3 is 15.5 Å². The number of hydrogen-bond acceptors (Lipinski definition) is 3. The average Bonchev–Trinajstić information content (AvgIpc) is 2.36. The highest BCUT2D eigenvalue weighted by Gasteiger charge is 2.18. The molecular weight excluding hydrogens is 226 g/mol. The zero-order valence-corrected chi connectivity index (χ0v) is 11.0. The van der Waals surface area contributed by atoms with Crippen molar-refractivity contribution in [1.29, 1.82) is 0 Å². The van der Waals surface area contributed by atoms with Gasteiger partial charge in [0.15, 0.2) is 0 Å². The molecule has 1 saturated carbocycles. The second kappa shape index (κ2) is 6.21. The topological polar surface area (TPSA) is 52.5 Å². The molecule has 0 atom stereocenters. The van der Waals surface area contributed by atoms with Gasteiger partial charge in [0.05, 0.1) is 6.10 Å². The quantitative estimate of drug-likeness (QED) is 0.767. The first kappa shape index (κ1) is 13.4. The molecule has 0 radical (unpaired) electrons. The molecule has 3 nitrogen and oxygen atoms in total. The molecule has 1 aromatic carbocycles. The summed E-state index contributed by atoms with van der Waals surface area (Å²) >= 11 is 0. The summed E-state index contributed by atoms with van der Waals surface area (Å²) in [6.45, 7) is 3.72. The Labute approximate surface area is 109 Å². The Morgan fingerprint density at radius 3 is 2.67 bits per heavy atom. The fourth-order valence-electron chi connectivity index (χ4n) is 2.62. The van der Waals surface area contributed by atoms with E-state index in [2.05, 4.69) is 5.32 Å². The number of hydrogen-bond donors (Lipinski definition) is 3. The Morgan fingerprint density at radius 1 is 1.22 bits per heavy atom. The van der Waals surface area contributed by atoms with Crippen LogP contribution >= 0.6 is 0 Å². The van der Waals surface area contributed by atoms with Crippen molar-refractivity contribution >= 4 is 0 Å². The molecule has 0 saturated heterocycles. The van der Waals surface area contributed by atoms with Crippen molar-refractivity contribution in [3.63, 3.8) is 0 Å². The highest BCUT2D eigenvalue weighted by molar-refractivity contribution is 5.35. The third-order valence-corrected chi connectivity index (χ3v) is 3.80. The van der Waals surface area contributed by atoms with E-state index in [0.29, 0.717) is 18.2 Å². The minimum absolute atomic E-state index is 0.0814. The highest BCUT2D eigenvalue weighted by atomic mass is 16.3. The standard InChI is InChI=1S/C15H23NO2/c1-11-2-7-15(18)13(8-11)10-16-9-12-3-5-14(17)6-4-12/h2,7-8,12,14,16-18H,3-6,9-10H2,1H3. The Kier molecular flexibility index (Phi) is 4.61. The van der Waals surface area contributed by atoms with E-state index < -0.39 is 0 Å². The van der Waals surface area contributed by atoms with Gasteiger partial charge >= 0.3 is 0 Å². The van der Waals surface area contributed by atoms with Crippen LogP contribution in [0.1, 0.15) is 36.8 Å². The summed E-state index contributed by atoms with van der Waals surface area (Å²) in [6, 6.07) is 5.69. The van der Waals surface area contributed by atoms with Crippen LogP contribution in [0.4, 0.5) is 0 Å². The lowest BCUT2D eigenvalue weighted by Gasteiger charge is -2.25. The summed E-state index contributed by atoms with van der Waals surface area (Å²) < 4.78 is 0. The Morgan fingerprint density at radius 2 is 1.94 bits per heavy atom. The maximum atomic E-state index is 9.73. The second-order valence-corrected chi connectivity index (χ2v) is 5.44. The predicted molar refractivity (Wildman–Crippen MR) is 72.5 cm³/mol. The first-order valence-corrected chi connectivity index (χ1v) is 6.82. The molecule has 3 heteroatoms. The van der Waals surface area contributed by atoms with Gasteiger partial charge in [0.2, 0.25) is 0 Å². The van der Waals surface area contributed by atoms with Crippen molar-refractivity contribution < 1.29 is 10.2 Å². The average molecular weight is 249 g/mol. The number of aryl methyl sites for hydroxylation is 1. The van der Waals surface area contributed by atoms with Crippen molar-refractivity contribution in [3.8, 4) is 5.75 Å². The molecule has 2 rings (SSSR count). The van der Waals surface area contributed by atoms with Gasteiger partial charge in [-0.25, -0.2) is 0 Å².